The Balaban J connectivity index is 1.87. The first kappa shape index (κ1) is 12.8. The molecule has 0 atom stereocenters. The maximum Gasteiger partial charge on any atom is 0.292 e. The first-order chi connectivity index (χ1) is 10.2. The van der Waals surface area contributed by atoms with Gasteiger partial charge in [0.05, 0.1) is 6.20 Å². The predicted molar refractivity (Wildman–Crippen MR) is 80.6 cm³/mol. The van der Waals surface area contributed by atoms with Gasteiger partial charge in [0.15, 0.2) is 0 Å². The van der Waals surface area contributed by atoms with Crippen molar-refractivity contribution < 1.29 is 0 Å². The van der Waals surface area contributed by atoms with Gasteiger partial charge in [-0.15, -0.1) is 0 Å². The van der Waals surface area contributed by atoms with Crippen LogP contribution in [0, 0.1) is 5.92 Å². The van der Waals surface area contributed by atoms with Crippen LogP contribution < -0.4 is 15.8 Å². The lowest BCUT2D eigenvalue weighted by molar-refractivity contribution is 0.556. The summed E-state index contributed by atoms with van der Waals surface area (Å²) in [6.45, 7) is 4.68. The van der Waals surface area contributed by atoms with E-state index in [4.69, 9.17) is 4.98 Å². The highest BCUT2D eigenvalue weighted by Gasteiger charge is 2.27. The van der Waals surface area contributed by atoms with Gasteiger partial charge in [-0.25, -0.2) is 9.67 Å². The normalized spacial score (nSPS) is 19.4. The minimum absolute atomic E-state index is 0.0537. The molecule has 0 bridgehead atoms. The summed E-state index contributed by atoms with van der Waals surface area (Å²) in [5.74, 6) is 1.63. The smallest absolute Gasteiger partial charge is 0.292 e. The molecule has 7 heteroatoms. The summed E-state index contributed by atoms with van der Waals surface area (Å²) in [5.41, 5.74) is 1.36. The molecule has 2 aromatic rings. The monoisotopic (exact) mass is 288 g/mol. The fourth-order valence-corrected chi connectivity index (χ4v) is 2.96. The number of anilines is 1. The molecule has 2 aliphatic rings. The van der Waals surface area contributed by atoms with Crippen molar-refractivity contribution >= 4 is 17.0 Å². The van der Waals surface area contributed by atoms with E-state index in [-0.39, 0.29) is 5.56 Å². The van der Waals surface area contributed by atoms with Crippen molar-refractivity contribution in [1.82, 2.24) is 24.6 Å². The zero-order valence-electron chi connectivity index (χ0n) is 12.2. The maximum atomic E-state index is 12.5. The van der Waals surface area contributed by atoms with Gasteiger partial charge >= 0.3 is 0 Å². The van der Waals surface area contributed by atoms with E-state index in [9.17, 15) is 4.79 Å². The fraction of sp³-hybridized carbons (Fsp3) is 0.643. The van der Waals surface area contributed by atoms with E-state index >= 15 is 0 Å². The summed E-state index contributed by atoms with van der Waals surface area (Å²) in [6.07, 6.45) is 4.21. The van der Waals surface area contributed by atoms with Gasteiger partial charge in [-0.1, -0.05) is 0 Å². The standard InChI is InChI=1S/C14H20N6O/c1-18-13(21)12-11(8-16-18)17-14(19-6-4-15-5-7-19)20(12)9-10-2-3-10/h8,10,15H,2-7,9H2,1H3. The molecule has 0 spiro atoms. The fourth-order valence-electron chi connectivity index (χ4n) is 2.96. The average molecular weight is 288 g/mol. The highest BCUT2D eigenvalue weighted by molar-refractivity contribution is 5.77. The van der Waals surface area contributed by atoms with Gasteiger partial charge in [0.2, 0.25) is 5.95 Å². The van der Waals surface area contributed by atoms with Crippen LogP contribution >= 0.6 is 0 Å². The molecular weight excluding hydrogens is 268 g/mol. The van der Waals surface area contributed by atoms with E-state index in [1.54, 1.807) is 13.2 Å². The summed E-state index contributed by atoms with van der Waals surface area (Å²) in [4.78, 5) is 19.4. The Hall–Kier alpha value is -1.89. The molecule has 1 N–H and O–H groups in total. The maximum absolute atomic E-state index is 12.5. The second kappa shape index (κ2) is 4.84. The van der Waals surface area contributed by atoms with Crippen LogP contribution in [0.3, 0.4) is 0 Å². The van der Waals surface area contributed by atoms with Crippen LogP contribution in [-0.4, -0.2) is 45.5 Å². The minimum Gasteiger partial charge on any atom is -0.340 e. The molecule has 0 amide bonds. The minimum atomic E-state index is -0.0537. The topological polar surface area (TPSA) is 68.0 Å². The number of hydrogen-bond acceptors (Lipinski definition) is 5. The Bertz CT molecular complexity index is 723. The first-order valence-corrected chi connectivity index (χ1v) is 7.62. The van der Waals surface area contributed by atoms with Gasteiger partial charge < -0.3 is 14.8 Å². The molecule has 2 fully saturated rings. The average Bonchev–Trinajstić information content (AvgIpc) is 3.24. The van der Waals surface area contributed by atoms with Gasteiger partial charge in [-0.3, -0.25) is 4.79 Å². The van der Waals surface area contributed by atoms with Crippen LogP contribution in [0.15, 0.2) is 11.0 Å². The molecule has 4 rings (SSSR count). The Morgan fingerprint density at radius 3 is 2.81 bits per heavy atom. The van der Waals surface area contributed by atoms with Gasteiger partial charge in [0.25, 0.3) is 5.56 Å². The van der Waals surface area contributed by atoms with E-state index in [2.05, 4.69) is 19.9 Å². The van der Waals surface area contributed by atoms with E-state index < -0.39 is 0 Å². The van der Waals surface area contributed by atoms with Crippen LogP contribution in [0.2, 0.25) is 0 Å². The van der Waals surface area contributed by atoms with Crippen molar-refractivity contribution in [3.63, 3.8) is 0 Å². The third-order valence-corrected chi connectivity index (χ3v) is 4.36. The molecule has 1 aliphatic heterocycles. The Morgan fingerprint density at radius 2 is 2.10 bits per heavy atom. The third-order valence-electron chi connectivity index (χ3n) is 4.36. The Morgan fingerprint density at radius 1 is 1.33 bits per heavy atom. The number of rotatable bonds is 3. The number of fused-ring (bicyclic) bond motifs is 1. The van der Waals surface area contributed by atoms with Crippen LogP contribution in [0.4, 0.5) is 5.95 Å². The van der Waals surface area contributed by atoms with Crippen LogP contribution in [0.5, 0.6) is 0 Å². The summed E-state index contributed by atoms with van der Waals surface area (Å²) in [6, 6.07) is 0. The molecule has 1 saturated carbocycles. The second-order valence-electron chi connectivity index (χ2n) is 6.01. The Labute approximate surface area is 122 Å². The molecule has 112 valence electrons. The van der Waals surface area contributed by atoms with Crippen molar-refractivity contribution in [2.24, 2.45) is 13.0 Å². The number of aryl methyl sites for hydroxylation is 1. The molecule has 0 unspecified atom stereocenters. The molecule has 2 aromatic heterocycles. The van der Waals surface area contributed by atoms with E-state index in [0.717, 1.165) is 38.7 Å². The number of hydrogen-bond donors (Lipinski definition) is 1. The highest BCUT2D eigenvalue weighted by atomic mass is 16.1. The first-order valence-electron chi connectivity index (χ1n) is 7.62. The van der Waals surface area contributed by atoms with Crippen molar-refractivity contribution in [3.05, 3.63) is 16.6 Å². The van der Waals surface area contributed by atoms with Crippen molar-refractivity contribution in [3.8, 4) is 0 Å². The summed E-state index contributed by atoms with van der Waals surface area (Å²) in [7, 11) is 1.70. The number of nitrogens with zero attached hydrogens (tertiary/aromatic N) is 5. The number of aromatic nitrogens is 4. The van der Waals surface area contributed by atoms with Gasteiger partial charge in [-0.2, -0.15) is 5.10 Å². The molecular formula is C14H20N6O. The van der Waals surface area contributed by atoms with E-state index in [1.165, 1.54) is 17.5 Å². The lowest BCUT2D eigenvalue weighted by atomic mass is 10.3. The zero-order chi connectivity index (χ0) is 14.4. The molecule has 3 heterocycles. The van der Waals surface area contributed by atoms with Crippen molar-refractivity contribution in [2.45, 2.75) is 19.4 Å². The molecule has 21 heavy (non-hydrogen) atoms. The molecule has 0 radical (unpaired) electrons. The van der Waals surface area contributed by atoms with Crippen LogP contribution in [0.1, 0.15) is 12.8 Å². The second-order valence-corrected chi connectivity index (χ2v) is 6.01. The third kappa shape index (κ3) is 2.21. The quantitative estimate of drug-likeness (QED) is 0.857. The van der Waals surface area contributed by atoms with E-state index in [1.807, 2.05) is 0 Å². The number of piperazine rings is 1. The SMILES string of the molecule is Cn1ncc2nc(N3CCNCC3)n(CC3CC3)c2c1=O. The highest BCUT2D eigenvalue weighted by Crippen LogP contribution is 2.33. The van der Waals surface area contributed by atoms with E-state index in [0.29, 0.717) is 17.0 Å². The van der Waals surface area contributed by atoms with Gasteiger partial charge in [-0.05, 0) is 18.8 Å². The molecule has 1 aliphatic carbocycles. The Kier molecular flexibility index (Phi) is 2.95. The van der Waals surface area contributed by atoms with Gasteiger partial charge in [0, 0.05) is 39.8 Å². The van der Waals surface area contributed by atoms with Crippen LogP contribution in [0.25, 0.3) is 11.0 Å². The largest absolute Gasteiger partial charge is 0.340 e. The summed E-state index contributed by atoms with van der Waals surface area (Å²) in [5, 5.41) is 7.45. The molecule has 0 aromatic carbocycles. The van der Waals surface area contributed by atoms with Crippen molar-refractivity contribution in [2.75, 3.05) is 31.1 Å². The van der Waals surface area contributed by atoms with Crippen molar-refractivity contribution in [1.29, 1.82) is 0 Å². The number of imidazole rings is 1. The zero-order valence-corrected chi connectivity index (χ0v) is 12.2. The lowest BCUT2D eigenvalue weighted by Gasteiger charge is -2.28. The number of nitrogens with one attached hydrogen (secondary N) is 1. The van der Waals surface area contributed by atoms with Crippen LogP contribution in [-0.2, 0) is 13.6 Å². The van der Waals surface area contributed by atoms with Gasteiger partial charge in [0.1, 0.15) is 11.0 Å². The summed E-state index contributed by atoms with van der Waals surface area (Å²) < 4.78 is 3.53. The lowest BCUT2D eigenvalue weighted by Crippen LogP contribution is -2.44. The summed E-state index contributed by atoms with van der Waals surface area (Å²) >= 11 is 0. The predicted octanol–water partition coefficient (Wildman–Crippen LogP) is -0.0504. The molecule has 7 nitrogen and oxygen atoms in total. The molecule has 1 saturated heterocycles.